The number of benzene rings is 11. The number of rotatable bonds is 12. The molecule has 0 amide bonds. The average Bonchev–Trinajstić information content (AvgIpc) is 3.43. The molecule has 0 unspecified atom stereocenters. The third kappa shape index (κ3) is 9.41. The zero-order chi connectivity index (χ0) is 47.2. The second kappa shape index (κ2) is 20.5. The van der Waals surface area contributed by atoms with Crippen molar-refractivity contribution in [2.45, 2.75) is 12.8 Å². The van der Waals surface area contributed by atoms with Crippen molar-refractivity contribution in [2.24, 2.45) is 0 Å². The quantitative estimate of drug-likeness (QED) is 0.114. The van der Waals surface area contributed by atoms with Gasteiger partial charge in [0.1, 0.15) is 0 Å². The highest BCUT2D eigenvalue weighted by atomic mass is 79.9. The van der Waals surface area contributed by atoms with Crippen LogP contribution in [-0.2, 0) is 12.8 Å². The predicted octanol–water partition coefficient (Wildman–Crippen LogP) is 19.7. The van der Waals surface area contributed by atoms with Gasteiger partial charge in [0.25, 0.3) is 0 Å². The highest BCUT2D eigenvalue weighted by molar-refractivity contribution is 9.10. The van der Waals surface area contributed by atoms with Crippen molar-refractivity contribution in [3.63, 3.8) is 0 Å². The van der Waals surface area contributed by atoms with Crippen molar-refractivity contribution in [2.75, 3.05) is 0 Å². The minimum Gasteiger partial charge on any atom is -0.0622 e. The highest BCUT2D eigenvalue weighted by Crippen LogP contribution is 2.51. The van der Waals surface area contributed by atoms with Gasteiger partial charge in [-0.3, -0.25) is 0 Å². The van der Waals surface area contributed by atoms with E-state index >= 15 is 0 Å². The predicted molar refractivity (Wildman–Crippen MR) is 304 cm³/mol. The van der Waals surface area contributed by atoms with Gasteiger partial charge in [-0.25, -0.2) is 0 Å². The van der Waals surface area contributed by atoms with Gasteiger partial charge in [0.2, 0.25) is 0 Å². The minimum atomic E-state index is 0.770. The van der Waals surface area contributed by atoms with Crippen molar-refractivity contribution >= 4 is 31.9 Å². The molecule has 11 rings (SSSR count). The Bertz CT molecular complexity index is 3280. The van der Waals surface area contributed by atoms with E-state index in [0.29, 0.717) is 0 Å². The summed E-state index contributed by atoms with van der Waals surface area (Å²) >= 11 is 7.39. The average molecular weight is 1020 g/mol. The monoisotopic (exact) mass is 1020 g/mol. The standard InChI is InChI=1S/C68H48Br2/c69-59-39-31-47(32-40-59)43-57-45-61(49-19-7-1-8-20-49)65(53-27-15-5-16-28-53)67(63(57)51-23-11-3-12-24-51)55-35-37-56(38-36-55)68-64(52-25-13-4-14-26-52)58(44-48-33-41-60(70)42-34-48)46-62(50-21-9-2-10-22-50)66(68)54-29-17-6-18-30-54/h1-42,45-46H,43-44H2. The van der Waals surface area contributed by atoms with E-state index in [9.17, 15) is 0 Å². The van der Waals surface area contributed by atoms with E-state index in [0.717, 1.165) is 32.9 Å². The summed E-state index contributed by atoms with van der Waals surface area (Å²) in [6.45, 7) is 0. The van der Waals surface area contributed by atoms with Gasteiger partial charge in [-0.2, -0.15) is 0 Å². The van der Waals surface area contributed by atoms with Crippen molar-refractivity contribution in [1.29, 1.82) is 0 Å². The third-order valence-corrected chi connectivity index (χ3v) is 14.4. The van der Waals surface area contributed by atoms with Crippen LogP contribution in [0.25, 0.3) is 89.0 Å². The van der Waals surface area contributed by atoms with Crippen LogP contribution < -0.4 is 0 Å². The smallest absolute Gasteiger partial charge is 0.0175 e. The van der Waals surface area contributed by atoms with Crippen LogP contribution in [0.1, 0.15) is 22.3 Å². The van der Waals surface area contributed by atoms with Crippen molar-refractivity contribution in [3.05, 3.63) is 298 Å². The fraction of sp³-hybridized carbons (Fsp3) is 0.0294. The summed E-state index contributed by atoms with van der Waals surface area (Å²) in [5, 5.41) is 0. The molecule has 0 fully saturated rings. The molecular weight excluding hydrogens is 977 g/mol. The van der Waals surface area contributed by atoms with Crippen molar-refractivity contribution < 1.29 is 0 Å². The fourth-order valence-corrected chi connectivity index (χ4v) is 10.7. The number of hydrogen-bond donors (Lipinski definition) is 0. The van der Waals surface area contributed by atoms with E-state index in [1.807, 2.05) is 0 Å². The summed E-state index contributed by atoms with van der Waals surface area (Å²) < 4.78 is 2.15. The Balaban J connectivity index is 1.22. The Hall–Kier alpha value is -7.62. The van der Waals surface area contributed by atoms with Crippen LogP contribution in [0.5, 0.6) is 0 Å². The lowest BCUT2D eigenvalue weighted by Gasteiger charge is -2.26. The van der Waals surface area contributed by atoms with E-state index in [1.54, 1.807) is 0 Å². The number of halogens is 2. The zero-order valence-electron chi connectivity index (χ0n) is 38.6. The van der Waals surface area contributed by atoms with Crippen molar-refractivity contribution in [1.82, 2.24) is 0 Å². The molecule has 0 radical (unpaired) electrons. The third-order valence-electron chi connectivity index (χ3n) is 13.3. The van der Waals surface area contributed by atoms with Crippen LogP contribution in [0.15, 0.2) is 276 Å². The summed E-state index contributed by atoms with van der Waals surface area (Å²) in [7, 11) is 0. The van der Waals surface area contributed by atoms with Gasteiger partial charge in [0.15, 0.2) is 0 Å². The molecular formula is C68H48Br2. The van der Waals surface area contributed by atoms with Gasteiger partial charge < -0.3 is 0 Å². The van der Waals surface area contributed by atoms with Gasteiger partial charge in [-0.05, 0) is 161 Å². The molecule has 0 aromatic heterocycles. The molecule has 334 valence electrons. The lowest BCUT2D eigenvalue weighted by atomic mass is 9.77. The molecule has 11 aromatic carbocycles. The molecule has 0 saturated heterocycles. The maximum atomic E-state index is 3.69. The Labute approximate surface area is 428 Å². The summed E-state index contributed by atoms with van der Waals surface area (Å²) in [5.41, 5.74) is 24.3. The van der Waals surface area contributed by atoms with Crippen LogP contribution in [0.3, 0.4) is 0 Å². The van der Waals surface area contributed by atoms with Gasteiger partial charge in [0.05, 0.1) is 0 Å². The fourth-order valence-electron chi connectivity index (χ4n) is 10.2. The molecule has 0 saturated carbocycles. The molecule has 0 aliphatic carbocycles. The Kier molecular flexibility index (Phi) is 13.2. The Morgan fingerprint density at radius 3 is 0.743 bits per heavy atom. The summed E-state index contributed by atoms with van der Waals surface area (Å²) in [5.74, 6) is 0. The summed E-state index contributed by atoms with van der Waals surface area (Å²) in [6.07, 6.45) is 1.54. The van der Waals surface area contributed by atoms with Crippen LogP contribution >= 0.6 is 31.9 Å². The summed E-state index contributed by atoms with van der Waals surface area (Å²) in [4.78, 5) is 0. The normalized spacial score (nSPS) is 11.1. The lowest BCUT2D eigenvalue weighted by molar-refractivity contribution is 1.19. The van der Waals surface area contributed by atoms with E-state index in [2.05, 4.69) is 299 Å². The van der Waals surface area contributed by atoms with Gasteiger partial charge in [0, 0.05) is 8.95 Å². The highest BCUT2D eigenvalue weighted by Gasteiger charge is 2.26. The molecule has 0 atom stereocenters. The van der Waals surface area contributed by atoms with Crippen LogP contribution in [-0.4, -0.2) is 0 Å². The van der Waals surface area contributed by atoms with Crippen molar-refractivity contribution in [3.8, 4) is 89.0 Å². The van der Waals surface area contributed by atoms with Crippen LogP contribution in [0.4, 0.5) is 0 Å². The molecule has 0 aliphatic heterocycles. The Morgan fingerprint density at radius 1 is 0.214 bits per heavy atom. The second-order valence-electron chi connectivity index (χ2n) is 17.8. The molecule has 0 N–H and O–H groups in total. The van der Waals surface area contributed by atoms with Gasteiger partial charge >= 0.3 is 0 Å². The first kappa shape index (κ1) is 44.9. The maximum Gasteiger partial charge on any atom is 0.0175 e. The molecule has 0 aliphatic rings. The lowest BCUT2D eigenvalue weighted by Crippen LogP contribution is -2.02. The zero-order valence-corrected chi connectivity index (χ0v) is 41.7. The molecule has 0 bridgehead atoms. The summed E-state index contributed by atoms with van der Waals surface area (Å²) in [6, 6.07) is 97.8. The first-order valence-corrected chi connectivity index (χ1v) is 25.5. The molecule has 0 spiro atoms. The maximum absolute atomic E-state index is 3.69. The second-order valence-corrected chi connectivity index (χ2v) is 19.6. The first-order chi connectivity index (χ1) is 34.6. The molecule has 0 heterocycles. The SMILES string of the molecule is Brc1ccc(Cc2cc(-c3ccccc3)c(-c3ccccc3)c(-c3ccc(-c4c(-c5ccccc5)c(Cc5ccc(Br)cc5)cc(-c5ccccc5)c4-c4ccccc4)cc3)c2-c2ccccc2)cc1. The molecule has 70 heavy (non-hydrogen) atoms. The number of hydrogen-bond acceptors (Lipinski definition) is 0. The van der Waals surface area contributed by atoms with E-state index in [4.69, 9.17) is 0 Å². The van der Waals surface area contributed by atoms with Gasteiger partial charge in [-0.1, -0.05) is 262 Å². The molecule has 2 heteroatoms. The van der Waals surface area contributed by atoms with Crippen LogP contribution in [0.2, 0.25) is 0 Å². The molecule has 11 aromatic rings. The Morgan fingerprint density at radius 2 is 0.457 bits per heavy atom. The van der Waals surface area contributed by atoms with Gasteiger partial charge in [-0.15, -0.1) is 0 Å². The van der Waals surface area contributed by atoms with Crippen LogP contribution in [0, 0.1) is 0 Å². The first-order valence-electron chi connectivity index (χ1n) is 23.9. The van der Waals surface area contributed by atoms with E-state index in [-0.39, 0.29) is 0 Å². The van der Waals surface area contributed by atoms with E-state index in [1.165, 1.54) is 100 Å². The minimum absolute atomic E-state index is 0.770. The largest absolute Gasteiger partial charge is 0.0622 e. The topological polar surface area (TPSA) is 0 Å². The van der Waals surface area contributed by atoms with E-state index < -0.39 is 0 Å². The molecule has 0 nitrogen and oxygen atoms in total.